The average Bonchev–Trinajstić information content (AvgIpc) is 3.07. The van der Waals surface area contributed by atoms with Gasteiger partial charge in [-0.2, -0.15) is 5.10 Å². The number of rotatable bonds is 9. The Kier molecular flexibility index (Phi) is 7.49. The van der Waals surface area contributed by atoms with Crippen LogP contribution >= 0.6 is 11.6 Å². The molecule has 158 valence electrons. The molecule has 0 atom stereocenters. The van der Waals surface area contributed by atoms with Crippen molar-refractivity contribution < 1.29 is 14.3 Å². The molecule has 6 nitrogen and oxygen atoms in total. The summed E-state index contributed by atoms with van der Waals surface area (Å²) < 4.78 is 13.2. The third-order valence-electron chi connectivity index (χ3n) is 4.75. The summed E-state index contributed by atoms with van der Waals surface area (Å²) in [6, 6.07) is 17.0. The Bertz CT molecular complexity index is 989. The van der Waals surface area contributed by atoms with Crippen molar-refractivity contribution in [2.45, 2.75) is 26.8 Å². The van der Waals surface area contributed by atoms with Crippen molar-refractivity contribution in [3.8, 4) is 17.3 Å². The average molecular weight is 428 g/mol. The van der Waals surface area contributed by atoms with Crippen molar-refractivity contribution >= 4 is 17.5 Å². The highest BCUT2D eigenvalue weighted by Gasteiger charge is 2.23. The van der Waals surface area contributed by atoms with E-state index in [1.54, 1.807) is 22.8 Å². The number of carbonyl (C=O) groups is 1. The normalized spacial score (nSPS) is 10.8. The number of hydrogen-bond donors (Lipinski definition) is 0. The Morgan fingerprint density at radius 3 is 2.50 bits per heavy atom. The molecule has 0 saturated heterocycles. The van der Waals surface area contributed by atoms with Gasteiger partial charge in [-0.15, -0.1) is 0 Å². The summed E-state index contributed by atoms with van der Waals surface area (Å²) in [6.07, 6.45) is 0.413. The molecule has 0 aliphatic rings. The van der Waals surface area contributed by atoms with Gasteiger partial charge in [-0.3, -0.25) is 4.79 Å². The molecule has 0 saturated carbocycles. The molecule has 30 heavy (non-hydrogen) atoms. The molecule has 0 aliphatic carbocycles. The highest BCUT2D eigenvalue weighted by Crippen LogP contribution is 2.34. The number of para-hydroxylation sites is 2. The summed E-state index contributed by atoms with van der Waals surface area (Å²) in [4.78, 5) is 14.3. The number of hydrogen-bond acceptors (Lipinski definition) is 4. The quantitative estimate of drug-likeness (QED) is 0.481. The van der Waals surface area contributed by atoms with Gasteiger partial charge in [-0.25, -0.2) is 4.68 Å². The number of ether oxygens (including phenoxy) is 2. The number of methoxy groups -OCH3 is 1. The molecule has 3 rings (SSSR count). The van der Waals surface area contributed by atoms with E-state index in [0.29, 0.717) is 42.8 Å². The van der Waals surface area contributed by atoms with Crippen molar-refractivity contribution in [3.05, 3.63) is 70.9 Å². The zero-order valence-electron chi connectivity index (χ0n) is 17.5. The predicted octanol–water partition coefficient (Wildman–Crippen LogP) is 5.01. The van der Waals surface area contributed by atoms with E-state index in [9.17, 15) is 4.79 Å². The summed E-state index contributed by atoms with van der Waals surface area (Å²) in [5.74, 6) is 1.11. The molecule has 1 aromatic heterocycles. The molecule has 0 aliphatic heterocycles. The van der Waals surface area contributed by atoms with Crippen molar-refractivity contribution in [1.82, 2.24) is 14.7 Å². The summed E-state index contributed by atoms with van der Waals surface area (Å²) in [7, 11) is 1.62. The highest BCUT2D eigenvalue weighted by molar-refractivity contribution is 6.32. The lowest BCUT2D eigenvalue weighted by Gasteiger charge is -2.22. The third kappa shape index (κ3) is 5.01. The van der Waals surface area contributed by atoms with E-state index in [1.807, 2.05) is 62.4 Å². The minimum atomic E-state index is 0.0441. The second kappa shape index (κ2) is 10.3. The zero-order chi connectivity index (χ0) is 21.5. The van der Waals surface area contributed by atoms with Crippen LogP contribution in [0, 0.1) is 6.92 Å². The fourth-order valence-electron chi connectivity index (χ4n) is 3.11. The second-order valence-corrected chi connectivity index (χ2v) is 7.22. The van der Waals surface area contributed by atoms with Crippen LogP contribution in [0.2, 0.25) is 5.02 Å². The molecule has 0 radical (unpaired) electrons. The lowest BCUT2D eigenvalue weighted by Crippen LogP contribution is -2.33. The van der Waals surface area contributed by atoms with E-state index in [1.165, 1.54) is 0 Å². The van der Waals surface area contributed by atoms with Crippen LogP contribution in [0.25, 0.3) is 5.69 Å². The summed E-state index contributed by atoms with van der Waals surface area (Å²) in [5.41, 5.74) is 2.48. The first-order valence-corrected chi connectivity index (χ1v) is 10.3. The first kappa shape index (κ1) is 21.9. The van der Waals surface area contributed by atoms with Gasteiger partial charge < -0.3 is 14.4 Å². The van der Waals surface area contributed by atoms with Gasteiger partial charge in [-0.05, 0) is 31.2 Å². The molecule has 0 fully saturated rings. The molecule has 0 spiro atoms. The number of nitrogens with zero attached hydrogens (tertiary/aromatic N) is 3. The van der Waals surface area contributed by atoms with Gasteiger partial charge in [-0.1, -0.05) is 48.9 Å². The van der Waals surface area contributed by atoms with E-state index in [4.69, 9.17) is 26.2 Å². The topological polar surface area (TPSA) is 56.6 Å². The number of aromatic nitrogens is 2. The fourth-order valence-corrected chi connectivity index (χ4v) is 3.28. The van der Waals surface area contributed by atoms with Crippen molar-refractivity contribution in [2.75, 3.05) is 20.3 Å². The Labute approximate surface area is 182 Å². The van der Waals surface area contributed by atoms with Crippen LogP contribution in [0.3, 0.4) is 0 Å². The van der Waals surface area contributed by atoms with Gasteiger partial charge in [0, 0.05) is 20.1 Å². The number of benzene rings is 2. The maximum Gasteiger partial charge on any atom is 0.227 e. The lowest BCUT2D eigenvalue weighted by atomic mass is 10.2. The summed E-state index contributed by atoms with van der Waals surface area (Å²) in [6.45, 7) is 5.08. The van der Waals surface area contributed by atoms with Crippen LogP contribution in [0.15, 0.2) is 54.6 Å². The number of carbonyl (C=O) groups excluding carboxylic acids is 1. The Balaban J connectivity index is 2.06. The van der Waals surface area contributed by atoms with Gasteiger partial charge in [0.2, 0.25) is 11.8 Å². The molecule has 0 N–H and O–H groups in total. The van der Waals surface area contributed by atoms with Gasteiger partial charge in [0.05, 0.1) is 35.1 Å². The molecular formula is C23H26ClN3O3. The maximum absolute atomic E-state index is 12.5. The van der Waals surface area contributed by atoms with Crippen molar-refractivity contribution in [2.24, 2.45) is 0 Å². The molecule has 1 amide bonds. The Morgan fingerprint density at radius 1 is 1.13 bits per heavy atom. The standard InChI is InChI=1S/C23H26ClN3O3/c1-4-22(28)26(14-15-29-3)16-19-17(2)25-27(18-10-6-5-7-11-18)23(19)30-21-13-9-8-12-20(21)24/h5-13H,4,14-16H2,1-3H3. The van der Waals surface area contributed by atoms with Crippen LogP contribution in [0.1, 0.15) is 24.6 Å². The van der Waals surface area contributed by atoms with Crippen LogP contribution in [-0.2, 0) is 16.1 Å². The minimum absolute atomic E-state index is 0.0441. The van der Waals surface area contributed by atoms with Crippen molar-refractivity contribution in [3.63, 3.8) is 0 Å². The van der Waals surface area contributed by atoms with Gasteiger partial charge in [0.1, 0.15) is 5.75 Å². The second-order valence-electron chi connectivity index (χ2n) is 6.81. The molecule has 7 heteroatoms. The van der Waals surface area contributed by atoms with Gasteiger partial charge in [0.15, 0.2) is 0 Å². The predicted molar refractivity (Wildman–Crippen MR) is 117 cm³/mol. The maximum atomic E-state index is 12.5. The molecular weight excluding hydrogens is 402 g/mol. The van der Waals surface area contributed by atoms with Crippen LogP contribution in [0.5, 0.6) is 11.6 Å². The minimum Gasteiger partial charge on any atom is -0.437 e. The van der Waals surface area contributed by atoms with E-state index in [-0.39, 0.29) is 5.91 Å². The van der Waals surface area contributed by atoms with E-state index >= 15 is 0 Å². The van der Waals surface area contributed by atoms with Gasteiger partial charge >= 0.3 is 0 Å². The van der Waals surface area contributed by atoms with Gasteiger partial charge in [0.25, 0.3) is 0 Å². The molecule has 0 unspecified atom stereocenters. The monoisotopic (exact) mass is 427 g/mol. The van der Waals surface area contributed by atoms with E-state index < -0.39 is 0 Å². The van der Waals surface area contributed by atoms with E-state index in [0.717, 1.165) is 16.9 Å². The SMILES string of the molecule is CCC(=O)N(CCOC)Cc1c(C)nn(-c2ccccc2)c1Oc1ccccc1Cl. The molecule has 0 bridgehead atoms. The molecule has 1 heterocycles. The Morgan fingerprint density at radius 2 is 1.83 bits per heavy atom. The zero-order valence-corrected chi connectivity index (χ0v) is 18.2. The highest BCUT2D eigenvalue weighted by atomic mass is 35.5. The number of halogens is 1. The number of aryl methyl sites for hydroxylation is 1. The third-order valence-corrected chi connectivity index (χ3v) is 5.06. The largest absolute Gasteiger partial charge is 0.437 e. The van der Waals surface area contributed by atoms with Crippen LogP contribution < -0.4 is 4.74 Å². The first-order chi connectivity index (χ1) is 14.5. The number of amides is 1. The lowest BCUT2D eigenvalue weighted by molar-refractivity contribution is -0.132. The van der Waals surface area contributed by atoms with Crippen LogP contribution in [-0.4, -0.2) is 40.8 Å². The smallest absolute Gasteiger partial charge is 0.227 e. The van der Waals surface area contributed by atoms with Crippen LogP contribution in [0.4, 0.5) is 0 Å². The van der Waals surface area contributed by atoms with E-state index in [2.05, 4.69) is 0 Å². The molecule has 2 aromatic carbocycles. The fraction of sp³-hybridized carbons (Fsp3) is 0.304. The first-order valence-electron chi connectivity index (χ1n) is 9.88. The Hall–Kier alpha value is -2.83. The summed E-state index contributed by atoms with van der Waals surface area (Å²) in [5, 5.41) is 5.21. The van der Waals surface area contributed by atoms with Crippen molar-refractivity contribution in [1.29, 1.82) is 0 Å². The summed E-state index contributed by atoms with van der Waals surface area (Å²) >= 11 is 6.34. The molecule has 3 aromatic rings.